The van der Waals surface area contributed by atoms with Crippen molar-refractivity contribution >= 4 is 0 Å². The summed E-state index contributed by atoms with van der Waals surface area (Å²) in [5.41, 5.74) is 0.540. The summed E-state index contributed by atoms with van der Waals surface area (Å²) in [7, 11) is 0. The smallest absolute Gasteiger partial charge is 0.504 e. The van der Waals surface area contributed by atoms with Crippen molar-refractivity contribution in [1.29, 1.82) is 0 Å². The molecular weight excluding hydrogens is 309 g/mol. The Hall–Kier alpha value is -1.47. The molecule has 1 saturated carbocycles. The molecule has 128 valence electrons. The zero-order valence-corrected chi connectivity index (χ0v) is 12.8. The minimum absolute atomic E-state index is 0.0531. The minimum atomic E-state index is -4.81. The fourth-order valence-electron chi connectivity index (χ4n) is 3.45. The van der Waals surface area contributed by atoms with Crippen LogP contribution in [0.1, 0.15) is 30.9 Å². The van der Waals surface area contributed by atoms with Crippen molar-refractivity contribution in [1.82, 2.24) is 10.2 Å². The van der Waals surface area contributed by atoms with Gasteiger partial charge in [-0.3, -0.25) is 4.90 Å². The predicted octanol–water partition coefficient (Wildman–Crippen LogP) is 3.04. The van der Waals surface area contributed by atoms with Crippen molar-refractivity contribution in [3.8, 4) is 11.5 Å². The van der Waals surface area contributed by atoms with Gasteiger partial charge < -0.3 is 15.2 Å². The van der Waals surface area contributed by atoms with E-state index in [1.165, 1.54) is 6.07 Å². The molecule has 1 saturated heterocycles. The molecule has 0 amide bonds. The highest BCUT2D eigenvalue weighted by atomic mass is 19.4. The lowest BCUT2D eigenvalue weighted by atomic mass is 9.76. The molecule has 2 aliphatic rings. The largest absolute Gasteiger partial charge is 0.573 e. The summed E-state index contributed by atoms with van der Waals surface area (Å²) in [6, 6.07) is 4.33. The lowest BCUT2D eigenvalue weighted by Crippen LogP contribution is -2.47. The number of piperazine rings is 1. The van der Waals surface area contributed by atoms with Crippen LogP contribution in [-0.4, -0.2) is 42.5 Å². The second-order valence-corrected chi connectivity index (χ2v) is 6.16. The SMILES string of the molecule is Oc1c(OC(F)(F)F)cccc1[C@@H](C1CCC1)N1CCNCC1. The summed E-state index contributed by atoms with van der Waals surface area (Å²) >= 11 is 0. The second kappa shape index (κ2) is 6.57. The molecule has 0 radical (unpaired) electrons. The van der Waals surface area contributed by atoms with Gasteiger partial charge in [0, 0.05) is 37.8 Å². The van der Waals surface area contributed by atoms with Gasteiger partial charge in [0.1, 0.15) is 0 Å². The van der Waals surface area contributed by atoms with Gasteiger partial charge in [-0.05, 0) is 24.8 Å². The zero-order chi connectivity index (χ0) is 16.4. The lowest BCUT2D eigenvalue weighted by Gasteiger charge is -2.43. The molecule has 1 atom stereocenters. The number of hydrogen-bond donors (Lipinski definition) is 2. The first kappa shape index (κ1) is 16.4. The van der Waals surface area contributed by atoms with E-state index >= 15 is 0 Å². The van der Waals surface area contributed by atoms with Crippen molar-refractivity contribution in [3.05, 3.63) is 23.8 Å². The van der Waals surface area contributed by atoms with Crippen molar-refractivity contribution in [2.24, 2.45) is 5.92 Å². The summed E-state index contributed by atoms with van der Waals surface area (Å²) in [4.78, 5) is 2.26. The van der Waals surface area contributed by atoms with Gasteiger partial charge in [-0.1, -0.05) is 18.6 Å². The molecule has 2 fully saturated rings. The van der Waals surface area contributed by atoms with Crippen LogP contribution in [0.25, 0.3) is 0 Å². The van der Waals surface area contributed by atoms with Gasteiger partial charge in [-0.15, -0.1) is 13.2 Å². The number of nitrogens with one attached hydrogen (secondary N) is 1. The van der Waals surface area contributed by atoms with E-state index < -0.39 is 12.1 Å². The third kappa shape index (κ3) is 3.72. The number of aromatic hydroxyl groups is 1. The summed E-state index contributed by atoms with van der Waals surface area (Å²) in [5.74, 6) is -0.533. The van der Waals surface area contributed by atoms with Crippen molar-refractivity contribution in [2.45, 2.75) is 31.7 Å². The Morgan fingerprint density at radius 2 is 1.91 bits per heavy atom. The van der Waals surface area contributed by atoms with Gasteiger partial charge in [-0.25, -0.2) is 0 Å². The molecule has 3 rings (SSSR count). The number of para-hydroxylation sites is 1. The molecule has 1 aromatic carbocycles. The fourth-order valence-corrected chi connectivity index (χ4v) is 3.45. The number of benzene rings is 1. The highest BCUT2D eigenvalue weighted by molar-refractivity contribution is 5.47. The Labute approximate surface area is 133 Å². The van der Waals surface area contributed by atoms with Crippen LogP contribution in [0.3, 0.4) is 0 Å². The number of phenols is 1. The van der Waals surface area contributed by atoms with E-state index in [1.54, 1.807) is 6.07 Å². The summed E-state index contributed by atoms with van der Waals surface area (Å²) in [6.45, 7) is 3.35. The van der Waals surface area contributed by atoms with Crippen LogP contribution in [-0.2, 0) is 0 Å². The average Bonchev–Trinajstić information content (AvgIpc) is 2.45. The second-order valence-electron chi connectivity index (χ2n) is 6.16. The number of halogens is 3. The monoisotopic (exact) mass is 330 g/mol. The number of rotatable bonds is 4. The number of phenolic OH excluding ortho intramolecular Hbond substituents is 1. The van der Waals surface area contributed by atoms with Crippen LogP contribution in [0.2, 0.25) is 0 Å². The molecule has 4 nitrogen and oxygen atoms in total. The van der Waals surface area contributed by atoms with Gasteiger partial charge >= 0.3 is 6.36 Å². The minimum Gasteiger partial charge on any atom is -0.504 e. The third-order valence-corrected chi connectivity index (χ3v) is 4.72. The molecule has 0 bridgehead atoms. The van der Waals surface area contributed by atoms with E-state index in [0.29, 0.717) is 11.5 Å². The molecule has 1 aliphatic heterocycles. The number of nitrogens with zero attached hydrogens (tertiary/aromatic N) is 1. The van der Waals surface area contributed by atoms with Crippen molar-refractivity contribution in [2.75, 3.05) is 26.2 Å². The zero-order valence-electron chi connectivity index (χ0n) is 12.8. The third-order valence-electron chi connectivity index (χ3n) is 4.72. The van der Waals surface area contributed by atoms with Gasteiger partial charge in [-0.2, -0.15) is 0 Å². The average molecular weight is 330 g/mol. The van der Waals surface area contributed by atoms with Crippen molar-refractivity contribution in [3.63, 3.8) is 0 Å². The van der Waals surface area contributed by atoms with E-state index in [2.05, 4.69) is 15.0 Å². The molecule has 7 heteroatoms. The Bertz CT molecular complexity index is 541. The van der Waals surface area contributed by atoms with E-state index in [0.717, 1.165) is 51.5 Å². The molecule has 1 aromatic rings. The molecule has 23 heavy (non-hydrogen) atoms. The van der Waals surface area contributed by atoms with Gasteiger partial charge in [0.2, 0.25) is 0 Å². The Balaban J connectivity index is 1.90. The topological polar surface area (TPSA) is 44.7 Å². The number of alkyl halides is 3. The molecule has 0 unspecified atom stereocenters. The first-order valence-corrected chi connectivity index (χ1v) is 7.98. The van der Waals surface area contributed by atoms with Crippen LogP contribution in [0, 0.1) is 5.92 Å². The van der Waals surface area contributed by atoms with Crippen LogP contribution < -0.4 is 10.1 Å². The highest BCUT2D eigenvalue weighted by Crippen LogP contribution is 2.46. The van der Waals surface area contributed by atoms with Gasteiger partial charge in [0.05, 0.1) is 0 Å². The lowest BCUT2D eigenvalue weighted by molar-refractivity contribution is -0.275. The normalized spacial score (nSPS) is 21.7. The fraction of sp³-hybridized carbons (Fsp3) is 0.625. The number of ether oxygens (including phenoxy) is 1. The molecule has 0 aromatic heterocycles. The van der Waals surface area contributed by atoms with Gasteiger partial charge in [0.25, 0.3) is 0 Å². The van der Waals surface area contributed by atoms with E-state index in [1.807, 2.05) is 0 Å². The van der Waals surface area contributed by atoms with Crippen LogP contribution >= 0.6 is 0 Å². The first-order valence-electron chi connectivity index (χ1n) is 7.98. The van der Waals surface area contributed by atoms with Crippen molar-refractivity contribution < 1.29 is 23.0 Å². The maximum absolute atomic E-state index is 12.5. The Kier molecular flexibility index (Phi) is 4.68. The Morgan fingerprint density at radius 1 is 1.22 bits per heavy atom. The first-order chi connectivity index (χ1) is 11.0. The molecule has 2 N–H and O–H groups in total. The van der Waals surface area contributed by atoms with Gasteiger partial charge in [0.15, 0.2) is 11.5 Å². The predicted molar refractivity (Wildman–Crippen MR) is 79.3 cm³/mol. The molecular formula is C16H21F3N2O2. The van der Waals surface area contributed by atoms with E-state index in [4.69, 9.17) is 0 Å². The standard InChI is InChI=1S/C16H21F3N2O2/c17-16(18,19)23-13-6-2-5-12(15(13)22)14(11-3-1-4-11)21-9-7-20-8-10-21/h2,5-6,11,14,20,22H,1,3-4,7-10H2/t14-/m1/s1. The maximum Gasteiger partial charge on any atom is 0.573 e. The van der Waals surface area contributed by atoms with Crippen LogP contribution in [0.15, 0.2) is 18.2 Å². The van der Waals surface area contributed by atoms with E-state index in [9.17, 15) is 18.3 Å². The quantitative estimate of drug-likeness (QED) is 0.891. The summed E-state index contributed by atoms with van der Waals surface area (Å²) in [6.07, 6.45) is -1.60. The maximum atomic E-state index is 12.5. The highest BCUT2D eigenvalue weighted by Gasteiger charge is 2.37. The van der Waals surface area contributed by atoms with Crippen LogP contribution in [0.4, 0.5) is 13.2 Å². The van der Waals surface area contributed by atoms with E-state index in [-0.39, 0.29) is 11.8 Å². The molecule has 0 spiro atoms. The Morgan fingerprint density at radius 3 is 2.48 bits per heavy atom. The van der Waals surface area contributed by atoms with Crippen LogP contribution in [0.5, 0.6) is 11.5 Å². The molecule has 1 aliphatic carbocycles. The summed E-state index contributed by atoms with van der Waals surface area (Å²) < 4.78 is 41.4. The number of hydrogen-bond acceptors (Lipinski definition) is 4. The molecule has 1 heterocycles. The summed E-state index contributed by atoms with van der Waals surface area (Å²) in [5, 5.41) is 13.6.